The molecular formula is C17H15ClN2O. The van der Waals surface area contributed by atoms with Gasteiger partial charge >= 0.3 is 0 Å². The van der Waals surface area contributed by atoms with Gasteiger partial charge in [0.15, 0.2) is 5.75 Å². The lowest BCUT2D eigenvalue weighted by molar-refractivity contribution is 0.480. The highest BCUT2D eigenvalue weighted by atomic mass is 35.5. The van der Waals surface area contributed by atoms with E-state index >= 15 is 0 Å². The second kappa shape index (κ2) is 5.54. The Morgan fingerprint density at radius 3 is 2.38 bits per heavy atom. The molecule has 0 atom stereocenters. The summed E-state index contributed by atoms with van der Waals surface area (Å²) < 4.78 is 0. The summed E-state index contributed by atoms with van der Waals surface area (Å²) in [4.78, 5) is 3.23. The molecule has 0 bridgehead atoms. The van der Waals surface area contributed by atoms with Crippen LogP contribution in [0.5, 0.6) is 5.75 Å². The fraction of sp³-hybridized carbons (Fsp3) is 0.0588. The van der Waals surface area contributed by atoms with Crippen molar-refractivity contribution in [1.29, 1.82) is 0 Å². The quantitative estimate of drug-likeness (QED) is 0.653. The van der Waals surface area contributed by atoms with E-state index in [-0.39, 0.29) is 5.75 Å². The Morgan fingerprint density at radius 2 is 1.71 bits per heavy atom. The van der Waals surface area contributed by atoms with Gasteiger partial charge in [-0.15, -0.1) is 0 Å². The lowest BCUT2D eigenvalue weighted by atomic mass is 10.1. The standard InChI is InChI=1S/C17H15ClN2O/c1-19-17-14(12-8-5-9-13(18)10-12)16(21)15(20-17)11-6-3-2-4-7-11/h2-10,19-21H,1H3. The van der Waals surface area contributed by atoms with Crippen molar-refractivity contribution in [3.8, 4) is 28.1 Å². The van der Waals surface area contributed by atoms with Crippen molar-refractivity contribution >= 4 is 17.4 Å². The van der Waals surface area contributed by atoms with Crippen LogP contribution in [0.2, 0.25) is 5.02 Å². The molecule has 0 aliphatic heterocycles. The second-order valence-corrected chi connectivity index (χ2v) is 5.16. The van der Waals surface area contributed by atoms with Gasteiger partial charge in [0, 0.05) is 17.6 Å². The molecule has 0 unspecified atom stereocenters. The highest BCUT2D eigenvalue weighted by Gasteiger charge is 2.18. The summed E-state index contributed by atoms with van der Waals surface area (Å²) in [6.07, 6.45) is 0. The van der Waals surface area contributed by atoms with E-state index in [4.69, 9.17) is 11.6 Å². The van der Waals surface area contributed by atoms with Crippen molar-refractivity contribution in [1.82, 2.24) is 4.98 Å². The Hall–Kier alpha value is -2.39. The molecule has 4 heteroatoms. The minimum Gasteiger partial charge on any atom is -0.505 e. The van der Waals surface area contributed by atoms with Crippen LogP contribution in [-0.4, -0.2) is 17.1 Å². The largest absolute Gasteiger partial charge is 0.505 e. The lowest BCUT2D eigenvalue weighted by Gasteiger charge is -2.04. The van der Waals surface area contributed by atoms with E-state index in [0.29, 0.717) is 10.7 Å². The first-order valence-electron chi connectivity index (χ1n) is 6.64. The van der Waals surface area contributed by atoms with Gasteiger partial charge in [-0.1, -0.05) is 54.1 Å². The molecule has 0 saturated heterocycles. The van der Waals surface area contributed by atoms with Crippen LogP contribution in [-0.2, 0) is 0 Å². The molecule has 0 spiro atoms. The Kier molecular flexibility index (Phi) is 3.59. The van der Waals surface area contributed by atoms with Crippen LogP contribution in [0.3, 0.4) is 0 Å². The Balaban J connectivity index is 2.20. The average molecular weight is 299 g/mol. The molecule has 0 aliphatic carbocycles. The lowest BCUT2D eigenvalue weighted by Crippen LogP contribution is -1.90. The topological polar surface area (TPSA) is 48.0 Å². The van der Waals surface area contributed by atoms with E-state index in [1.807, 2.05) is 61.6 Å². The molecule has 0 aliphatic rings. The van der Waals surface area contributed by atoms with Crippen molar-refractivity contribution < 1.29 is 5.11 Å². The Labute approximate surface area is 128 Å². The summed E-state index contributed by atoms with van der Waals surface area (Å²) in [5.41, 5.74) is 3.20. The van der Waals surface area contributed by atoms with Crippen molar-refractivity contribution in [3.63, 3.8) is 0 Å². The maximum absolute atomic E-state index is 10.6. The molecule has 3 aromatic rings. The molecule has 0 saturated carbocycles. The highest BCUT2D eigenvalue weighted by Crippen LogP contribution is 2.43. The maximum atomic E-state index is 10.6. The van der Waals surface area contributed by atoms with Gasteiger partial charge in [0.1, 0.15) is 5.82 Å². The molecule has 0 amide bonds. The van der Waals surface area contributed by atoms with Crippen LogP contribution >= 0.6 is 11.6 Å². The number of aromatic nitrogens is 1. The highest BCUT2D eigenvalue weighted by molar-refractivity contribution is 6.30. The summed E-state index contributed by atoms with van der Waals surface area (Å²) in [5.74, 6) is 0.974. The van der Waals surface area contributed by atoms with E-state index in [1.165, 1.54) is 0 Å². The number of hydrogen-bond acceptors (Lipinski definition) is 2. The van der Waals surface area contributed by atoms with Gasteiger partial charge in [0.2, 0.25) is 0 Å². The predicted molar refractivity (Wildman–Crippen MR) is 87.9 cm³/mol. The smallest absolute Gasteiger partial charge is 0.151 e. The zero-order valence-electron chi connectivity index (χ0n) is 11.5. The third-order valence-corrected chi connectivity index (χ3v) is 3.63. The van der Waals surface area contributed by atoms with E-state index in [2.05, 4.69) is 10.3 Å². The number of aromatic amines is 1. The summed E-state index contributed by atoms with van der Waals surface area (Å²) in [5, 5.41) is 14.3. The summed E-state index contributed by atoms with van der Waals surface area (Å²) in [7, 11) is 1.81. The number of anilines is 1. The van der Waals surface area contributed by atoms with Crippen LogP contribution in [0.1, 0.15) is 0 Å². The Bertz CT molecular complexity index is 766. The van der Waals surface area contributed by atoms with Gasteiger partial charge in [-0.05, 0) is 17.7 Å². The normalized spacial score (nSPS) is 10.6. The van der Waals surface area contributed by atoms with Gasteiger partial charge < -0.3 is 15.4 Å². The van der Waals surface area contributed by atoms with Crippen LogP contribution in [0.25, 0.3) is 22.4 Å². The maximum Gasteiger partial charge on any atom is 0.151 e. The van der Waals surface area contributed by atoms with Gasteiger partial charge in [-0.25, -0.2) is 0 Å². The SMILES string of the molecule is CNc1[nH]c(-c2ccccc2)c(O)c1-c1cccc(Cl)c1. The number of H-pyrrole nitrogens is 1. The number of hydrogen-bond donors (Lipinski definition) is 3. The first kappa shape index (κ1) is 13.6. The summed E-state index contributed by atoms with van der Waals surface area (Å²) in [6.45, 7) is 0. The van der Waals surface area contributed by atoms with Crippen molar-refractivity contribution in [2.45, 2.75) is 0 Å². The van der Waals surface area contributed by atoms with Crippen molar-refractivity contribution in [2.75, 3.05) is 12.4 Å². The number of nitrogens with one attached hydrogen (secondary N) is 2. The molecule has 106 valence electrons. The zero-order chi connectivity index (χ0) is 14.8. The van der Waals surface area contributed by atoms with E-state index < -0.39 is 0 Å². The van der Waals surface area contributed by atoms with Crippen LogP contribution in [0, 0.1) is 0 Å². The molecule has 3 nitrogen and oxygen atoms in total. The van der Waals surface area contributed by atoms with E-state index in [0.717, 1.165) is 22.5 Å². The van der Waals surface area contributed by atoms with Crippen LogP contribution in [0.15, 0.2) is 54.6 Å². The number of rotatable bonds is 3. The third-order valence-electron chi connectivity index (χ3n) is 3.40. The summed E-state index contributed by atoms with van der Waals surface area (Å²) in [6, 6.07) is 17.2. The molecule has 21 heavy (non-hydrogen) atoms. The number of halogens is 1. The first-order valence-corrected chi connectivity index (χ1v) is 7.02. The van der Waals surface area contributed by atoms with Gasteiger partial charge in [-0.3, -0.25) is 0 Å². The Morgan fingerprint density at radius 1 is 1.00 bits per heavy atom. The number of benzene rings is 2. The van der Waals surface area contributed by atoms with E-state index in [9.17, 15) is 5.11 Å². The molecule has 0 fully saturated rings. The molecule has 1 aromatic heterocycles. The second-order valence-electron chi connectivity index (χ2n) is 4.72. The monoisotopic (exact) mass is 298 g/mol. The average Bonchev–Trinajstić information content (AvgIpc) is 2.85. The number of aromatic hydroxyl groups is 1. The molecule has 3 rings (SSSR count). The summed E-state index contributed by atoms with van der Waals surface area (Å²) >= 11 is 6.05. The molecular weight excluding hydrogens is 284 g/mol. The van der Waals surface area contributed by atoms with Crippen molar-refractivity contribution in [3.05, 3.63) is 59.6 Å². The van der Waals surface area contributed by atoms with Crippen LogP contribution in [0.4, 0.5) is 5.82 Å². The van der Waals surface area contributed by atoms with Gasteiger partial charge in [-0.2, -0.15) is 0 Å². The third kappa shape index (κ3) is 2.48. The van der Waals surface area contributed by atoms with Crippen molar-refractivity contribution in [2.24, 2.45) is 0 Å². The first-order chi connectivity index (χ1) is 10.2. The van der Waals surface area contributed by atoms with Gasteiger partial charge in [0.05, 0.1) is 11.3 Å². The molecule has 1 heterocycles. The van der Waals surface area contributed by atoms with Gasteiger partial charge in [0.25, 0.3) is 0 Å². The zero-order valence-corrected chi connectivity index (χ0v) is 12.3. The fourth-order valence-electron chi connectivity index (χ4n) is 2.42. The fourth-order valence-corrected chi connectivity index (χ4v) is 2.61. The minimum absolute atomic E-state index is 0.216. The molecule has 3 N–H and O–H groups in total. The van der Waals surface area contributed by atoms with E-state index in [1.54, 1.807) is 0 Å². The minimum atomic E-state index is 0.216. The van der Waals surface area contributed by atoms with Crippen LogP contribution < -0.4 is 5.32 Å². The molecule has 2 aromatic carbocycles. The predicted octanol–water partition coefficient (Wildman–Crippen LogP) is 4.75. The molecule has 0 radical (unpaired) electrons.